The van der Waals surface area contributed by atoms with Crippen LogP contribution in [0, 0.1) is 0 Å². The quantitative estimate of drug-likeness (QED) is 0.294. The lowest BCUT2D eigenvalue weighted by molar-refractivity contribution is 0.0556. The van der Waals surface area contributed by atoms with Gasteiger partial charge in [-0.15, -0.1) is 0 Å². The summed E-state index contributed by atoms with van der Waals surface area (Å²) in [5.41, 5.74) is 1.41. The minimum atomic E-state index is -0.862. The standard InChI is InChI=1S/C26H22N2O7/c1-32-19-11-10-16(12-20(19)33-2)24(29)23-22(26(31)35-4)21(25(30)34-3)18-13-17(27-14-28(18)23)15-8-6-5-7-9-15/h5-14H,1-4H3. The normalized spacial score (nSPS) is 10.6. The molecule has 0 radical (unpaired) electrons. The van der Waals surface area contributed by atoms with Crippen LogP contribution in [0.25, 0.3) is 16.8 Å². The average molecular weight is 474 g/mol. The zero-order valence-electron chi connectivity index (χ0n) is 19.5. The van der Waals surface area contributed by atoms with Gasteiger partial charge in [-0.3, -0.25) is 9.20 Å². The Morgan fingerprint density at radius 3 is 2.06 bits per heavy atom. The summed E-state index contributed by atoms with van der Waals surface area (Å²) in [5.74, 6) is -1.44. The smallest absolute Gasteiger partial charge is 0.341 e. The highest BCUT2D eigenvalue weighted by Crippen LogP contribution is 2.32. The van der Waals surface area contributed by atoms with Crippen LogP contribution in [0.15, 0.2) is 60.9 Å². The van der Waals surface area contributed by atoms with Gasteiger partial charge >= 0.3 is 11.9 Å². The van der Waals surface area contributed by atoms with Crippen molar-refractivity contribution in [2.24, 2.45) is 0 Å². The molecule has 0 amide bonds. The van der Waals surface area contributed by atoms with Crippen molar-refractivity contribution in [2.45, 2.75) is 0 Å². The average Bonchev–Trinajstić information content (AvgIpc) is 3.26. The van der Waals surface area contributed by atoms with Crippen LogP contribution in [-0.4, -0.2) is 55.5 Å². The molecule has 0 unspecified atom stereocenters. The monoisotopic (exact) mass is 474 g/mol. The number of esters is 2. The maximum Gasteiger partial charge on any atom is 0.341 e. The van der Waals surface area contributed by atoms with E-state index >= 15 is 0 Å². The molecule has 2 heterocycles. The molecule has 0 saturated heterocycles. The third-order valence-corrected chi connectivity index (χ3v) is 5.54. The number of benzene rings is 2. The predicted molar refractivity (Wildman–Crippen MR) is 126 cm³/mol. The molecule has 2 aromatic heterocycles. The molecule has 0 fully saturated rings. The summed E-state index contributed by atoms with van der Waals surface area (Å²) in [7, 11) is 5.29. The molecule has 0 aliphatic carbocycles. The van der Waals surface area contributed by atoms with E-state index in [1.54, 1.807) is 12.1 Å². The van der Waals surface area contributed by atoms with Crippen molar-refractivity contribution < 1.29 is 33.3 Å². The highest BCUT2D eigenvalue weighted by Gasteiger charge is 2.33. The first-order chi connectivity index (χ1) is 16.9. The number of aromatic nitrogens is 2. The van der Waals surface area contributed by atoms with E-state index in [0.29, 0.717) is 17.2 Å². The second kappa shape index (κ2) is 9.68. The molecule has 35 heavy (non-hydrogen) atoms. The first kappa shape index (κ1) is 23.5. The molecule has 0 atom stereocenters. The van der Waals surface area contributed by atoms with Crippen molar-refractivity contribution >= 4 is 23.2 Å². The van der Waals surface area contributed by atoms with Crippen LogP contribution < -0.4 is 9.47 Å². The SMILES string of the molecule is COC(=O)c1c(C(=O)OC)c2cc(-c3ccccc3)ncn2c1C(=O)c1ccc(OC)c(OC)c1. The minimum Gasteiger partial charge on any atom is -0.493 e. The number of nitrogens with zero attached hydrogens (tertiary/aromatic N) is 2. The number of hydrogen-bond acceptors (Lipinski definition) is 8. The molecule has 0 spiro atoms. The summed E-state index contributed by atoms with van der Waals surface area (Å²) in [5, 5.41) is 0. The fourth-order valence-corrected chi connectivity index (χ4v) is 3.87. The van der Waals surface area contributed by atoms with Crippen molar-refractivity contribution in [1.29, 1.82) is 0 Å². The van der Waals surface area contributed by atoms with E-state index in [1.165, 1.54) is 51.3 Å². The Bertz CT molecular complexity index is 1440. The number of hydrogen-bond donors (Lipinski definition) is 0. The number of methoxy groups -OCH3 is 4. The first-order valence-corrected chi connectivity index (χ1v) is 10.5. The van der Waals surface area contributed by atoms with E-state index < -0.39 is 17.7 Å². The third kappa shape index (κ3) is 4.08. The molecule has 0 aliphatic heterocycles. The molecule has 0 bridgehead atoms. The second-order valence-corrected chi connectivity index (χ2v) is 7.38. The van der Waals surface area contributed by atoms with Gasteiger partial charge in [0.15, 0.2) is 11.5 Å². The Labute approximate surface area is 200 Å². The van der Waals surface area contributed by atoms with Gasteiger partial charge in [0.1, 0.15) is 23.1 Å². The molecular weight excluding hydrogens is 452 g/mol. The topological polar surface area (TPSA) is 105 Å². The van der Waals surface area contributed by atoms with Crippen molar-refractivity contribution in [2.75, 3.05) is 28.4 Å². The van der Waals surface area contributed by atoms with E-state index in [0.717, 1.165) is 5.56 Å². The van der Waals surface area contributed by atoms with Gasteiger partial charge in [0, 0.05) is 11.1 Å². The molecule has 0 N–H and O–H groups in total. The van der Waals surface area contributed by atoms with Gasteiger partial charge in [-0.25, -0.2) is 14.6 Å². The number of carbonyl (C=O) groups excluding carboxylic acids is 3. The molecule has 178 valence electrons. The maximum atomic E-state index is 13.7. The Morgan fingerprint density at radius 2 is 1.43 bits per heavy atom. The number of fused-ring (bicyclic) bond motifs is 1. The van der Waals surface area contributed by atoms with Crippen molar-refractivity contribution in [3.8, 4) is 22.8 Å². The van der Waals surface area contributed by atoms with Crippen molar-refractivity contribution in [3.05, 3.63) is 83.3 Å². The van der Waals surface area contributed by atoms with E-state index in [1.807, 2.05) is 30.3 Å². The summed E-state index contributed by atoms with van der Waals surface area (Å²) in [4.78, 5) is 44.0. The van der Waals surface area contributed by atoms with Crippen LogP contribution >= 0.6 is 0 Å². The maximum absolute atomic E-state index is 13.7. The third-order valence-electron chi connectivity index (χ3n) is 5.54. The lowest BCUT2D eigenvalue weighted by Crippen LogP contribution is -2.15. The summed E-state index contributed by atoms with van der Waals surface area (Å²) in [6.45, 7) is 0. The highest BCUT2D eigenvalue weighted by atomic mass is 16.5. The Morgan fingerprint density at radius 1 is 0.771 bits per heavy atom. The lowest BCUT2D eigenvalue weighted by atomic mass is 10.0. The van der Waals surface area contributed by atoms with Crippen LogP contribution in [0.3, 0.4) is 0 Å². The van der Waals surface area contributed by atoms with Crippen LogP contribution in [0.4, 0.5) is 0 Å². The van der Waals surface area contributed by atoms with Gasteiger partial charge in [0.25, 0.3) is 0 Å². The molecule has 2 aromatic carbocycles. The van der Waals surface area contributed by atoms with Crippen LogP contribution in [0.1, 0.15) is 36.8 Å². The number of ether oxygens (including phenoxy) is 4. The second-order valence-electron chi connectivity index (χ2n) is 7.38. The van der Waals surface area contributed by atoms with Crippen molar-refractivity contribution in [1.82, 2.24) is 9.38 Å². The Hall–Kier alpha value is -4.66. The number of rotatable bonds is 7. The first-order valence-electron chi connectivity index (χ1n) is 10.5. The van der Waals surface area contributed by atoms with Crippen LogP contribution in [0.5, 0.6) is 11.5 Å². The van der Waals surface area contributed by atoms with E-state index in [-0.39, 0.29) is 27.9 Å². The molecule has 9 heteroatoms. The summed E-state index contributed by atoms with van der Waals surface area (Å²) < 4.78 is 21.9. The van der Waals surface area contributed by atoms with Crippen LogP contribution in [0.2, 0.25) is 0 Å². The summed E-state index contributed by atoms with van der Waals surface area (Å²) in [6.07, 6.45) is 1.39. The highest BCUT2D eigenvalue weighted by molar-refractivity contribution is 6.20. The van der Waals surface area contributed by atoms with Gasteiger partial charge in [0.05, 0.1) is 39.6 Å². The van der Waals surface area contributed by atoms with Gasteiger partial charge in [0.2, 0.25) is 5.78 Å². The fraction of sp³-hybridized carbons (Fsp3) is 0.154. The molecular formula is C26H22N2O7. The molecule has 0 saturated carbocycles. The zero-order valence-corrected chi connectivity index (χ0v) is 19.5. The van der Waals surface area contributed by atoms with Crippen molar-refractivity contribution in [3.63, 3.8) is 0 Å². The van der Waals surface area contributed by atoms with Gasteiger partial charge in [-0.2, -0.15) is 0 Å². The summed E-state index contributed by atoms with van der Waals surface area (Å²) in [6, 6.07) is 15.5. The van der Waals surface area contributed by atoms with E-state index in [2.05, 4.69) is 4.98 Å². The van der Waals surface area contributed by atoms with E-state index in [9.17, 15) is 14.4 Å². The van der Waals surface area contributed by atoms with Gasteiger partial charge in [-0.1, -0.05) is 30.3 Å². The molecule has 4 rings (SSSR count). The number of ketones is 1. The number of carbonyl (C=O) groups is 3. The van der Waals surface area contributed by atoms with Crippen LogP contribution in [-0.2, 0) is 9.47 Å². The fourth-order valence-electron chi connectivity index (χ4n) is 3.87. The molecule has 9 nitrogen and oxygen atoms in total. The Balaban J connectivity index is 2.03. The summed E-state index contributed by atoms with van der Waals surface area (Å²) >= 11 is 0. The largest absolute Gasteiger partial charge is 0.493 e. The molecule has 4 aromatic rings. The van der Waals surface area contributed by atoms with Gasteiger partial charge in [-0.05, 0) is 24.3 Å². The van der Waals surface area contributed by atoms with Gasteiger partial charge < -0.3 is 18.9 Å². The minimum absolute atomic E-state index is 0.0911. The predicted octanol–water partition coefficient (Wildman–Crippen LogP) is 3.82. The lowest BCUT2D eigenvalue weighted by Gasteiger charge is -2.10. The Kier molecular flexibility index (Phi) is 6.50. The molecule has 0 aliphatic rings. The van der Waals surface area contributed by atoms with E-state index in [4.69, 9.17) is 18.9 Å². The zero-order chi connectivity index (χ0) is 25.1.